The van der Waals surface area contributed by atoms with E-state index in [-0.39, 0.29) is 5.95 Å². The van der Waals surface area contributed by atoms with E-state index in [0.29, 0.717) is 18.4 Å². The average molecular weight is 454 g/mol. The van der Waals surface area contributed by atoms with Gasteiger partial charge in [0, 0.05) is 45.3 Å². The minimum Gasteiger partial charge on any atom is -0.368 e. The van der Waals surface area contributed by atoms with Gasteiger partial charge in [0.2, 0.25) is 17.8 Å². The molecule has 1 saturated carbocycles. The molecule has 2 aliphatic rings. The van der Waals surface area contributed by atoms with Crippen molar-refractivity contribution in [1.82, 2.24) is 30.9 Å². The predicted octanol–water partition coefficient (Wildman–Crippen LogP) is 1.88. The zero-order valence-corrected chi connectivity index (χ0v) is 19.7. The molecule has 0 atom stereocenters. The number of rotatable bonds is 11. The Balaban J connectivity index is 1.15. The molecule has 180 valence electrons. The minimum absolute atomic E-state index is 0.247. The number of nitrogens with zero attached hydrogens (tertiary/aromatic N) is 4. The Labute approximate surface area is 197 Å². The van der Waals surface area contributed by atoms with Crippen molar-refractivity contribution in [3.05, 3.63) is 35.4 Å². The predicted molar refractivity (Wildman–Crippen MR) is 134 cm³/mol. The maximum Gasteiger partial charge on any atom is 0.232 e. The molecular weight excluding hydrogens is 414 g/mol. The van der Waals surface area contributed by atoms with E-state index in [1.165, 1.54) is 49.7 Å². The average Bonchev–Trinajstić information content (AvgIpc) is 2.86. The highest BCUT2D eigenvalue weighted by Gasteiger charge is 2.15. The van der Waals surface area contributed by atoms with Crippen LogP contribution in [0.3, 0.4) is 0 Å². The van der Waals surface area contributed by atoms with Crippen molar-refractivity contribution < 1.29 is 0 Å². The lowest BCUT2D eigenvalue weighted by Crippen LogP contribution is -2.44. The van der Waals surface area contributed by atoms with Gasteiger partial charge in [-0.3, -0.25) is 0 Å². The Hall–Kier alpha value is -2.49. The molecule has 1 aliphatic carbocycles. The molecule has 1 aliphatic heterocycles. The Morgan fingerprint density at radius 2 is 1.64 bits per heavy atom. The number of nitrogens with one attached hydrogen (secondary N) is 4. The lowest BCUT2D eigenvalue weighted by atomic mass is 9.95. The smallest absolute Gasteiger partial charge is 0.232 e. The maximum atomic E-state index is 5.91. The van der Waals surface area contributed by atoms with Crippen LogP contribution in [0.2, 0.25) is 0 Å². The molecule has 0 spiro atoms. The van der Waals surface area contributed by atoms with Gasteiger partial charge in [0.05, 0.1) is 0 Å². The van der Waals surface area contributed by atoms with Gasteiger partial charge in [0.1, 0.15) is 0 Å². The molecule has 1 aromatic heterocycles. The van der Waals surface area contributed by atoms with Crippen molar-refractivity contribution in [2.45, 2.75) is 57.7 Å². The van der Waals surface area contributed by atoms with Crippen molar-refractivity contribution in [2.24, 2.45) is 0 Å². The first kappa shape index (κ1) is 23.7. The highest BCUT2D eigenvalue weighted by molar-refractivity contribution is 5.42. The molecule has 6 N–H and O–H groups in total. The summed E-state index contributed by atoms with van der Waals surface area (Å²) in [4.78, 5) is 15.2. The zero-order valence-electron chi connectivity index (χ0n) is 19.7. The molecule has 33 heavy (non-hydrogen) atoms. The van der Waals surface area contributed by atoms with E-state index in [0.717, 1.165) is 51.9 Å². The normalized spacial score (nSPS) is 17.3. The van der Waals surface area contributed by atoms with E-state index in [2.05, 4.69) is 65.4 Å². The highest BCUT2D eigenvalue weighted by Crippen LogP contribution is 2.17. The van der Waals surface area contributed by atoms with Crippen LogP contribution in [-0.4, -0.2) is 60.3 Å². The van der Waals surface area contributed by atoms with E-state index >= 15 is 0 Å². The molecule has 1 saturated heterocycles. The second kappa shape index (κ2) is 12.7. The molecule has 4 rings (SSSR count). The van der Waals surface area contributed by atoms with Crippen LogP contribution in [0, 0.1) is 0 Å². The van der Waals surface area contributed by atoms with Gasteiger partial charge in [0.25, 0.3) is 0 Å². The molecule has 2 aromatic rings. The van der Waals surface area contributed by atoms with Gasteiger partial charge in [0.15, 0.2) is 0 Å². The third kappa shape index (κ3) is 7.80. The minimum atomic E-state index is 0.247. The summed E-state index contributed by atoms with van der Waals surface area (Å²) in [7, 11) is 0. The summed E-state index contributed by atoms with van der Waals surface area (Å²) in [6.45, 7) is 7.28. The Kier molecular flexibility index (Phi) is 9.08. The van der Waals surface area contributed by atoms with Crippen LogP contribution >= 0.6 is 0 Å². The van der Waals surface area contributed by atoms with E-state index in [1.807, 2.05) is 0 Å². The van der Waals surface area contributed by atoms with Crippen LogP contribution in [0.15, 0.2) is 24.3 Å². The van der Waals surface area contributed by atoms with Gasteiger partial charge in [-0.15, -0.1) is 0 Å². The molecule has 2 fully saturated rings. The Morgan fingerprint density at radius 1 is 0.909 bits per heavy atom. The van der Waals surface area contributed by atoms with Gasteiger partial charge in [-0.2, -0.15) is 15.0 Å². The second-order valence-electron chi connectivity index (χ2n) is 9.04. The zero-order chi connectivity index (χ0) is 22.7. The molecule has 9 heteroatoms. The van der Waals surface area contributed by atoms with Crippen LogP contribution in [-0.2, 0) is 13.1 Å². The van der Waals surface area contributed by atoms with Gasteiger partial charge in [-0.25, -0.2) is 0 Å². The molecular formula is C24H39N9. The first-order chi connectivity index (χ1) is 16.3. The van der Waals surface area contributed by atoms with E-state index in [4.69, 9.17) is 5.73 Å². The van der Waals surface area contributed by atoms with Crippen molar-refractivity contribution in [1.29, 1.82) is 0 Å². The number of piperazine rings is 1. The lowest BCUT2D eigenvalue weighted by Gasteiger charge is -2.27. The third-order valence-corrected chi connectivity index (χ3v) is 6.41. The van der Waals surface area contributed by atoms with Gasteiger partial charge < -0.3 is 31.9 Å². The number of anilines is 3. The fourth-order valence-electron chi connectivity index (χ4n) is 4.48. The molecule has 2 heterocycles. The van der Waals surface area contributed by atoms with Gasteiger partial charge in [-0.1, -0.05) is 43.5 Å². The number of benzene rings is 1. The maximum absolute atomic E-state index is 5.91. The van der Waals surface area contributed by atoms with Gasteiger partial charge in [-0.05, 0) is 43.5 Å². The van der Waals surface area contributed by atoms with Crippen LogP contribution in [0.25, 0.3) is 0 Å². The van der Waals surface area contributed by atoms with Crippen molar-refractivity contribution >= 4 is 17.8 Å². The number of hydrogen-bond acceptors (Lipinski definition) is 9. The van der Waals surface area contributed by atoms with Crippen molar-refractivity contribution in [3.8, 4) is 0 Å². The number of aromatic nitrogens is 3. The SMILES string of the molecule is Nc1nc(NCc2ccc(CNCCCNC3CCCCC3)cc2)nc(N2CCNCC2)n1. The van der Waals surface area contributed by atoms with Crippen molar-refractivity contribution in [3.63, 3.8) is 0 Å². The largest absolute Gasteiger partial charge is 0.368 e. The van der Waals surface area contributed by atoms with Crippen molar-refractivity contribution in [2.75, 3.05) is 55.2 Å². The number of nitrogens with two attached hydrogens (primary N) is 1. The topological polar surface area (TPSA) is 116 Å². The number of nitrogen functional groups attached to an aromatic ring is 1. The van der Waals surface area contributed by atoms with Crippen LogP contribution in [0.5, 0.6) is 0 Å². The lowest BCUT2D eigenvalue weighted by molar-refractivity contribution is 0.371. The quantitative estimate of drug-likeness (QED) is 0.325. The first-order valence-corrected chi connectivity index (χ1v) is 12.5. The molecule has 9 nitrogen and oxygen atoms in total. The molecule has 0 bridgehead atoms. The summed E-state index contributed by atoms with van der Waals surface area (Å²) >= 11 is 0. The fraction of sp³-hybridized carbons (Fsp3) is 0.625. The second-order valence-corrected chi connectivity index (χ2v) is 9.04. The Morgan fingerprint density at radius 3 is 2.39 bits per heavy atom. The van der Waals surface area contributed by atoms with Gasteiger partial charge >= 0.3 is 0 Å². The summed E-state index contributed by atoms with van der Waals surface area (Å²) in [5, 5.41) is 13.9. The van der Waals surface area contributed by atoms with Crippen LogP contribution < -0.4 is 31.9 Å². The monoisotopic (exact) mass is 453 g/mol. The fourth-order valence-corrected chi connectivity index (χ4v) is 4.48. The number of hydrogen-bond donors (Lipinski definition) is 5. The summed E-state index contributed by atoms with van der Waals surface area (Å²) in [5.74, 6) is 1.40. The summed E-state index contributed by atoms with van der Waals surface area (Å²) in [6.07, 6.45) is 8.08. The van der Waals surface area contributed by atoms with Crippen LogP contribution in [0.4, 0.5) is 17.8 Å². The Bertz CT molecular complexity index is 830. The standard InChI is InChI=1S/C24H39N9/c25-22-30-23(32-24(31-22)33-15-13-26-14-16-33)29-18-20-9-7-19(8-10-20)17-27-11-4-12-28-21-5-2-1-3-6-21/h7-10,21,26-28H,1-6,11-18H2,(H3,25,29,30,31,32). The summed E-state index contributed by atoms with van der Waals surface area (Å²) in [5.41, 5.74) is 8.39. The first-order valence-electron chi connectivity index (χ1n) is 12.5. The molecule has 0 unspecified atom stereocenters. The third-order valence-electron chi connectivity index (χ3n) is 6.41. The molecule has 0 radical (unpaired) electrons. The van der Waals surface area contributed by atoms with E-state index < -0.39 is 0 Å². The summed E-state index contributed by atoms with van der Waals surface area (Å²) < 4.78 is 0. The molecule has 0 amide bonds. The van der Waals surface area contributed by atoms with Crippen LogP contribution in [0.1, 0.15) is 49.7 Å². The molecule has 1 aromatic carbocycles. The summed E-state index contributed by atoms with van der Waals surface area (Å²) in [6, 6.07) is 9.41. The highest BCUT2D eigenvalue weighted by atomic mass is 15.3. The van der Waals surface area contributed by atoms with E-state index in [9.17, 15) is 0 Å². The van der Waals surface area contributed by atoms with E-state index in [1.54, 1.807) is 0 Å².